The molecule has 2 unspecified atom stereocenters. The molecule has 2 heterocycles. The third-order valence-electron chi connectivity index (χ3n) is 3.01. The summed E-state index contributed by atoms with van der Waals surface area (Å²) in [6.07, 6.45) is 2.98. The molecule has 1 N–H and O–H groups in total. The Labute approximate surface area is 124 Å². The minimum atomic E-state index is 0. The van der Waals surface area contributed by atoms with E-state index in [0.29, 0.717) is 11.7 Å². The average Bonchev–Trinajstić information content (AvgIpc) is 2.12. The molecule has 0 amide bonds. The Morgan fingerprint density at radius 1 is 1.15 bits per heavy atom. The van der Waals surface area contributed by atoms with Crippen molar-refractivity contribution in [3.05, 3.63) is 5.32 Å². The molecule has 2 nitrogen and oxygen atoms in total. The van der Waals surface area contributed by atoms with Gasteiger partial charge in [-0.2, -0.15) is 0 Å². The van der Waals surface area contributed by atoms with Crippen LogP contribution in [0.2, 0.25) is 0 Å². The Kier molecular flexibility index (Phi) is 3.74. The zero-order valence-corrected chi connectivity index (χ0v) is 12.6. The van der Waals surface area contributed by atoms with Gasteiger partial charge in [0.05, 0.1) is 0 Å². The summed E-state index contributed by atoms with van der Waals surface area (Å²) >= 11 is 0. The number of rotatable bonds is 0. The smallest absolute Gasteiger partial charge is 0.642 e. The van der Waals surface area contributed by atoms with Gasteiger partial charge in [-0.15, -0.1) is 5.54 Å². The van der Waals surface area contributed by atoms with E-state index in [0.717, 1.165) is 5.92 Å². The summed E-state index contributed by atoms with van der Waals surface area (Å²) in [6.45, 7) is 9.02. The SMILES string of the molecule is CC1(C)CC2CC(C)(C)NC2[N-]1.[K+]. The zero-order valence-electron chi connectivity index (χ0n) is 9.52. The minimum Gasteiger partial charge on any atom is -0.642 e. The van der Waals surface area contributed by atoms with Gasteiger partial charge in [0, 0.05) is 5.54 Å². The number of hydrogen-bond acceptors (Lipinski definition) is 1. The zero-order chi connectivity index (χ0) is 8.98. The summed E-state index contributed by atoms with van der Waals surface area (Å²) in [5.74, 6) is 0.787. The van der Waals surface area contributed by atoms with E-state index in [2.05, 4.69) is 33.0 Å². The quantitative estimate of drug-likeness (QED) is 0.519. The molecule has 2 atom stereocenters. The molecule has 2 fully saturated rings. The maximum atomic E-state index is 4.77. The predicted molar refractivity (Wildman–Crippen MR) is 51.2 cm³/mol. The van der Waals surface area contributed by atoms with Crippen LogP contribution in [-0.4, -0.2) is 17.2 Å². The third-order valence-corrected chi connectivity index (χ3v) is 3.01. The maximum absolute atomic E-state index is 4.77. The third kappa shape index (κ3) is 2.77. The van der Waals surface area contributed by atoms with Gasteiger partial charge in [0.2, 0.25) is 0 Å². The van der Waals surface area contributed by atoms with Crippen LogP contribution in [0, 0.1) is 5.92 Å². The summed E-state index contributed by atoms with van der Waals surface area (Å²) in [5, 5.41) is 8.35. The van der Waals surface area contributed by atoms with E-state index in [1.54, 1.807) is 0 Å². The number of nitrogens with zero attached hydrogens (tertiary/aromatic N) is 1. The Morgan fingerprint density at radius 2 is 1.77 bits per heavy atom. The van der Waals surface area contributed by atoms with Crippen molar-refractivity contribution in [1.29, 1.82) is 0 Å². The molecule has 0 aliphatic carbocycles. The minimum absolute atomic E-state index is 0. The largest absolute Gasteiger partial charge is 1.00 e. The van der Waals surface area contributed by atoms with Gasteiger partial charge in [-0.05, 0) is 26.2 Å². The van der Waals surface area contributed by atoms with E-state index in [9.17, 15) is 0 Å². The van der Waals surface area contributed by atoms with Crippen LogP contribution >= 0.6 is 0 Å². The monoisotopic (exact) mass is 206 g/mol. The van der Waals surface area contributed by atoms with E-state index in [1.807, 2.05) is 0 Å². The fourth-order valence-electron chi connectivity index (χ4n) is 2.74. The van der Waals surface area contributed by atoms with Gasteiger partial charge in [0.15, 0.2) is 0 Å². The molecular weight excluding hydrogens is 187 g/mol. The first-order chi connectivity index (χ1) is 5.38. The van der Waals surface area contributed by atoms with Gasteiger partial charge in [-0.1, -0.05) is 26.4 Å². The van der Waals surface area contributed by atoms with Crippen LogP contribution in [-0.2, 0) is 0 Å². The number of hydrogen-bond donors (Lipinski definition) is 1. The molecule has 2 aliphatic heterocycles. The Balaban J connectivity index is 0.000000845. The van der Waals surface area contributed by atoms with Crippen LogP contribution in [0.1, 0.15) is 40.5 Å². The molecule has 0 aromatic carbocycles. The van der Waals surface area contributed by atoms with E-state index in [-0.39, 0.29) is 56.9 Å². The van der Waals surface area contributed by atoms with Gasteiger partial charge in [-0.3, -0.25) is 0 Å². The first-order valence-electron chi connectivity index (χ1n) is 4.88. The van der Waals surface area contributed by atoms with Gasteiger partial charge in [0.25, 0.3) is 0 Å². The number of nitrogens with one attached hydrogen (secondary N) is 1. The van der Waals surface area contributed by atoms with Gasteiger partial charge in [0.1, 0.15) is 0 Å². The van der Waals surface area contributed by atoms with Crippen molar-refractivity contribution in [2.45, 2.75) is 57.8 Å². The molecule has 13 heavy (non-hydrogen) atoms. The van der Waals surface area contributed by atoms with Gasteiger partial charge < -0.3 is 10.6 Å². The normalized spacial score (nSPS) is 39.7. The van der Waals surface area contributed by atoms with Gasteiger partial charge in [-0.25, -0.2) is 0 Å². The standard InChI is InChI=1S/C10H19N2.K/c1-9(2)5-7-6-10(3,4)12-8(7)11-9;/h7-8,11H,5-6H2,1-4H3;/q-1;+1. The van der Waals surface area contributed by atoms with Crippen molar-refractivity contribution < 1.29 is 51.4 Å². The topological polar surface area (TPSA) is 26.1 Å². The van der Waals surface area contributed by atoms with Crippen LogP contribution in [0.25, 0.3) is 5.32 Å². The first kappa shape index (κ1) is 12.6. The molecule has 70 valence electrons. The van der Waals surface area contributed by atoms with Crippen molar-refractivity contribution in [3.8, 4) is 0 Å². The molecule has 2 aliphatic rings. The predicted octanol–water partition coefficient (Wildman–Crippen LogP) is -0.739. The van der Waals surface area contributed by atoms with Crippen molar-refractivity contribution >= 4 is 0 Å². The summed E-state index contributed by atoms with van der Waals surface area (Å²) in [7, 11) is 0. The number of fused-ring (bicyclic) bond motifs is 1. The second-order valence-corrected chi connectivity index (χ2v) is 5.58. The van der Waals surface area contributed by atoms with Gasteiger partial charge >= 0.3 is 51.4 Å². The Hall–Kier alpha value is 1.56. The van der Waals surface area contributed by atoms with E-state index in [1.165, 1.54) is 12.8 Å². The second kappa shape index (κ2) is 3.85. The van der Waals surface area contributed by atoms with E-state index in [4.69, 9.17) is 5.32 Å². The van der Waals surface area contributed by atoms with Crippen LogP contribution < -0.4 is 56.7 Å². The first-order valence-corrected chi connectivity index (χ1v) is 4.88. The molecule has 0 aromatic heterocycles. The summed E-state index contributed by atoms with van der Waals surface area (Å²) in [4.78, 5) is 0. The second-order valence-electron chi connectivity index (χ2n) is 5.58. The Bertz CT molecular complexity index is 163. The summed E-state index contributed by atoms with van der Waals surface area (Å²) in [6, 6.07) is 0. The molecule has 2 rings (SSSR count). The average molecular weight is 206 g/mol. The molecule has 0 bridgehead atoms. The summed E-state index contributed by atoms with van der Waals surface area (Å²) < 4.78 is 0. The van der Waals surface area contributed by atoms with Crippen molar-refractivity contribution in [3.63, 3.8) is 0 Å². The molecule has 0 saturated carbocycles. The molecule has 0 spiro atoms. The fourth-order valence-corrected chi connectivity index (χ4v) is 2.74. The van der Waals surface area contributed by atoms with E-state index < -0.39 is 0 Å². The van der Waals surface area contributed by atoms with Crippen LogP contribution in [0.4, 0.5) is 0 Å². The van der Waals surface area contributed by atoms with E-state index >= 15 is 0 Å². The van der Waals surface area contributed by atoms with Crippen LogP contribution in [0.3, 0.4) is 0 Å². The molecular formula is C10H19KN2. The van der Waals surface area contributed by atoms with Crippen molar-refractivity contribution in [2.24, 2.45) is 5.92 Å². The molecule has 0 radical (unpaired) electrons. The molecule has 2 saturated heterocycles. The van der Waals surface area contributed by atoms with Crippen molar-refractivity contribution in [2.75, 3.05) is 0 Å². The molecule has 3 heteroatoms. The maximum Gasteiger partial charge on any atom is 1.00 e. The van der Waals surface area contributed by atoms with Crippen LogP contribution in [0.5, 0.6) is 0 Å². The fraction of sp³-hybridized carbons (Fsp3) is 1.00. The van der Waals surface area contributed by atoms with Crippen LogP contribution in [0.15, 0.2) is 0 Å². The Morgan fingerprint density at radius 3 is 2.31 bits per heavy atom. The summed E-state index contributed by atoms with van der Waals surface area (Å²) in [5.41, 5.74) is 0.536. The molecule has 0 aromatic rings. The van der Waals surface area contributed by atoms with Crippen molar-refractivity contribution in [1.82, 2.24) is 5.32 Å².